The number of hydrogen-bond donors (Lipinski definition) is 2. The standard InChI is InChI=1S/C21H25N5O/c1-15(24-16(2)27)13-18-5-3-17(4-6-18)7-8-20-9-11-23-21(25-20)26-12-10-19(22)14-26/h3-6,9,11,15,19H,10,12-14,22H2,1-2H3,(H,24,27). The topological polar surface area (TPSA) is 84.1 Å². The van der Waals surface area contributed by atoms with Gasteiger partial charge in [-0.2, -0.15) is 0 Å². The van der Waals surface area contributed by atoms with E-state index >= 15 is 0 Å². The molecule has 6 heteroatoms. The number of nitrogens with two attached hydrogens (primary N) is 1. The van der Waals surface area contributed by atoms with Crippen LogP contribution in [0, 0.1) is 11.8 Å². The van der Waals surface area contributed by atoms with Gasteiger partial charge in [-0.1, -0.05) is 18.1 Å². The van der Waals surface area contributed by atoms with E-state index in [1.54, 1.807) is 6.20 Å². The molecule has 1 aliphatic heterocycles. The molecule has 1 aromatic heterocycles. The van der Waals surface area contributed by atoms with Gasteiger partial charge in [0.1, 0.15) is 5.69 Å². The second kappa shape index (κ2) is 8.65. The molecule has 1 saturated heterocycles. The molecule has 1 aromatic carbocycles. The van der Waals surface area contributed by atoms with E-state index in [-0.39, 0.29) is 18.0 Å². The molecule has 2 atom stereocenters. The van der Waals surface area contributed by atoms with Crippen LogP contribution >= 0.6 is 0 Å². The summed E-state index contributed by atoms with van der Waals surface area (Å²) in [6.45, 7) is 5.20. The number of hydrogen-bond acceptors (Lipinski definition) is 5. The van der Waals surface area contributed by atoms with Gasteiger partial charge < -0.3 is 16.0 Å². The van der Waals surface area contributed by atoms with Gasteiger partial charge in [0, 0.05) is 43.9 Å². The number of benzene rings is 1. The van der Waals surface area contributed by atoms with Crippen molar-refractivity contribution >= 4 is 11.9 Å². The van der Waals surface area contributed by atoms with Gasteiger partial charge in [0.2, 0.25) is 11.9 Å². The Morgan fingerprint density at radius 3 is 2.78 bits per heavy atom. The number of nitrogens with zero attached hydrogens (tertiary/aromatic N) is 3. The average molecular weight is 363 g/mol. The Morgan fingerprint density at radius 1 is 1.33 bits per heavy atom. The van der Waals surface area contributed by atoms with E-state index in [1.807, 2.05) is 37.3 Å². The summed E-state index contributed by atoms with van der Waals surface area (Å²) < 4.78 is 0. The molecule has 1 amide bonds. The zero-order chi connectivity index (χ0) is 19.2. The molecule has 0 saturated carbocycles. The molecular weight excluding hydrogens is 338 g/mol. The lowest BCUT2D eigenvalue weighted by Gasteiger charge is -2.14. The van der Waals surface area contributed by atoms with E-state index in [1.165, 1.54) is 6.92 Å². The maximum absolute atomic E-state index is 11.1. The smallest absolute Gasteiger partial charge is 0.226 e. The maximum Gasteiger partial charge on any atom is 0.226 e. The quantitative estimate of drug-likeness (QED) is 0.804. The van der Waals surface area contributed by atoms with Gasteiger partial charge in [-0.05, 0) is 49.4 Å². The third-order valence-electron chi connectivity index (χ3n) is 4.43. The van der Waals surface area contributed by atoms with Gasteiger partial charge in [-0.15, -0.1) is 0 Å². The van der Waals surface area contributed by atoms with Crippen LogP contribution in [0.5, 0.6) is 0 Å². The first kappa shape index (κ1) is 18.9. The summed E-state index contributed by atoms with van der Waals surface area (Å²) in [6, 6.07) is 10.2. The number of nitrogens with one attached hydrogen (secondary N) is 1. The van der Waals surface area contributed by atoms with Crippen molar-refractivity contribution < 1.29 is 4.79 Å². The van der Waals surface area contributed by atoms with Crippen LogP contribution < -0.4 is 16.0 Å². The first-order chi connectivity index (χ1) is 13.0. The number of anilines is 1. The first-order valence-corrected chi connectivity index (χ1v) is 9.21. The minimum atomic E-state index is -0.00915. The van der Waals surface area contributed by atoms with Crippen LogP contribution in [0.2, 0.25) is 0 Å². The van der Waals surface area contributed by atoms with Crippen LogP contribution in [0.4, 0.5) is 5.95 Å². The Balaban J connectivity index is 1.64. The number of aromatic nitrogens is 2. The van der Waals surface area contributed by atoms with E-state index in [9.17, 15) is 4.79 Å². The number of carbonyl (C=O) groups excluding carboxylic acids is 1. The SMILES string of the molecule is CC(=O)NC(C)Cc1ccc(C#Cc2ccnc(N3CCC(N)C3)n2)cc1. The summed E-state index contributed by atoms with van der Waals surface area (Å²) in [4.78, 5) is 22.1. The fraction of sp³-hybridized carbons (Fsp3) is 0.381. The van der Waals surface area contributed by atoms with Crippen molar-refractivity contribution in [1.82, 2.24) is 15.3 Å². The predicted octanol–water partition coefficient (Wildman–Crippen LogP) is 1.48. The number of rotatable bonds is 4. The van der Waals surface area contributed by atoms with Gasteiger partial charge in [0.15, 0.2) is 0 Å². The molecule has 2 unspecified atom stereocenters. The third kappa shape index (κ3) is 5.53. The Hall–Kier alpha value is -2.91. The summed E-state index contributed by atoms with van der Waals surface area (Å²) in [7, 11) is 0. The van der Waals surface area contributed by atoms with Crippen LogP contribution in [0.15, 0.2) is 36.5 Å². The number of amides is 1. The fourth-order valence-electron chi connectivity index (χ4n) is 3.15. The molecule has 0 aliphatic carbocycles. The van der Waals surface area contributed by atoms with Gasteiger partial charge in [-0.3, -0.25) is 4.79 Å². The van der Waals surface area contributed by atoms with Crippen molar-refractivity contribution in [2.45, 2.75) is 38.8 Å². The number of carbonyl (C=O) groups is 1. The Bertz CT molecular complexity index is 853. The zero-order valence-electron chi connectivity index (χ0n) is 15.8. The van der Waals surface area contributed by atoms with E-state index in [2.05, 4.69) is 32.0 Å². The lowest BCUT2D eigenvalue weighted by Crippen LogP contribution is -2.31. The van der Waals surface area contributed by atoms with Crippen LogP contribution in [-0.2, 0) is 11.2 Å². The monoisotopic (exact) mass is 363 g/mol. The maximum atomic E-state index is 11.1. The second-order valence-electron chi connectivity index (χ2n) is 6.99. The molecule has 27 heavy (non-hydrogen) atoms. The largest absolute Gasteiger partial charge is 0.354 e. The molecule has 140 valence electrons. The van der Waals surface area contributed by atoms with E-state index in [0.717, 1.165) is 37.1 Å². The van der Waals surface area contributed by atoms with E-state index < -0.39 is 0 Å². The van der Waals surface area contributed by atoms with Gasteiger partial charge in [-0.25, -0.2) is 9.97 Å². The van der Waals surface area contributed by atoms with Crippen molar-refractivity contribution in [1.29, 1.82) is 0 Å². The first-order valence-electron chi connectivity index (χ1n) is 9.21. The molecule has 1 fully saturated rings. The van der Waals surface area contributed by atoms with Crippen LogP contribution in [0.25, 0.3) is 0 Å². The summed E-state index contributed by atoms with van der Waals surface area (Å²) in [5, 5.41) is 2.89. The highest BCUT2D eigenvalue weighted by molar-refractivity contribution is 5.73. The van der Waals surface area contributed by atoms with E-state index in [4.69, 9.17) is 5.73 Å². The molecule has 1 aliphatic rings. The van der Waals surface area contributed by atoms with Crippen molar-refractivity contribution in [3.8, 4) is 11.8 Å². The summed E-state index contributed by atoms with van der Waals surface area (Å²) in [6.07, 6.45) is 3.50. The molecule has 3 rings (SSSR count). The highest BCUT2D eigenvalue weighted by atomic mass is 16.1. The van der Waals surface area contributed by atoms with Crippen molar-refractivity contribution in [2.24, 2.45) is 5.73 Å². The van der Waals surface area contributed by atoms with E-state index in [0.29, 0.717) is 11.6 Å². The second-order valence-corrected chi connectivity index (χ2v) is 6.99. The fourth-order valence-corrected chi connectivity index (χ4v) is 3.15. The molecule has 0 radical (unpaired) electrons. The Morgan fingerprint density at radius 2 is 2.11 bits per heavy atom. The van der Waals surface area contributed by atoms with Gasteiger partial charge in [0.25, 0.3) is 0 Å². The highest BCUT2D eigenvalue weighted by Gasteiger charge is 2.21. The average Bonchev–Trinajstić information content (AvgIpc) is 3.07. The molecule has 2 aromatic rings. The molecular formula is C21H25N5O. The predicted molar refractivity (Wildman–Crippen MR) is 106 cm³/mol. The zero-order valence-corrected chi connectivity index (χ0v) is 15.8. The van der Waals surface area contributed by atoms with Crippen LogP contribution in [0.1, 0.15) is 37.1 Å². The molecule has 6 nitrogen and oxygen atoms in total. The lowest BCUT2D eigenvalue weighted by atomic mass is 10.1. The summed E-state index contributed by atoms with van der Waals surface area (Å²) in [5.41, 5.74) is 8.74. The van der Waals surface area contributed by atoms with Crippen LogP contribution in [-0.4, -0.2) is 41.0 Å². The van der Waals surface area contributed by atoms with Gasteiger partial charge >= 0.3 is 0 Å². The highest BCUT2D eigenvalue weighted by Crippen LogP contribution is 2.14. The van der Waals surface area contributed by atoms with Crippen molar-refractivity contribution in [3.05, 3.63) is 53.3 Å². The van der Waals surface area contributed by atoms with Crippen LogP contribution in [0.3, 0.4) is 0 Å². The van der Waals surface area contributed by atoms with Crippen molar-refractivity contribution in [3.63, 3.8) is 0 Å². The third-order valence-corrected chi connectivity index (χ3v) is 4.43. The summed E-state index contributed by atoms with van der Waals surface area (Å²) in [5.74, 6) is 6.94. The lowest BCUT2D eigenvalue weighted by molar-refractivity contribution is -0.119. The normalized spacial score (nSPS) is 17.1. The molecule has 0 spiro atoms. The molecule has 0 bridgehead atoms. The summed E-state index contributed by atoms with van der Waals surface area (Å²) >= 11 is 0. The van der Waals surface area contributed by atoms with Gasteiger partial charge in [0.05, 0.1) is 0 Å². The van der Waals surface area contributed by atoms with Crippen molar-refractivity contribution in [2.75, 3.05) is 18.0 Å². The Labute approximate surface area is 160 Å². The Kier molecular flexibility index (Phi) is 6.05. The minimum Gasteiger partial charge on any atom is -0.354 e. The molecule has 3 N–H and O–H groups in total. The molecule has 2 heterocycles. The minimum absolute atomic E-state index is 0.00915.